The van der Waals surface area contributed by atoms with E-state index in [4.69, 9.17) is 14.2 Å². The van der Waals surface area contributed by atoms with Crippen LogP contribution in [-0.4, -0.2) is 52.6 Å². The van der Waals surface area contributed by atoms with Crippen LogP contribution in [0.2, 0.25) is 0 Å². The zero-order chi connectivity index (χ0) is 24.1. The molecule has 0 saturated heterocycles. The van der Waals surface area contributed by atoms with Gasteiger partial charge in [0.25, 0.3) is 5.91 Å². The van der Waals surface area contributed by atoms with Gasteiger partial charge in [0, 0.05) is 11.6 Å². The summed E-state index contributed by atoms with van der Waals surface area (Å²) in [4.78, 5) is 12.2. The Morgan fingerprint density at radius 3 is 2.41 bits per heavy atom. The molecule has 9 heteroatoms. The summed E-state index contributed by atoms with van der Waals surface area (Å²) in [5.41, 5.74) is 4.64. The van der Waals surface area contributed by atoms with Gasteiger partial charge in [-0.1, -0.05) is 17.7 Å². The number of rotatable bonds is 9. The maximum absolute atomic E-state index is 12.2. The third-order valence-corrected chi connectivity index (χ3v) is 5.21. The van der Waals surface area contributed by atoms with Crippen molar-refractivity contribution < 1.29 is 19.0 Å². The molecule has 0 saturated carbocycles. The van der Waals surface area contributed by atoms with Gasteiger partial charge in [-0.05, 0) is 62.2 Å². The van der Waals surface area contributed by atoms with Gasteiger partial charge in [0.2, 0.25) is 5.88 Å². The van der Waals surface area contributed by atoms with E-state index in [0.717, 1.165) is 28.2 Å². The molecule has 34 heavy (non-hydrogen) atoms. The van der Waals surface area contributed by atoms with E-state index in [1.165, 1.54) is 5.56 Å². The van der Waals surface area contributed by atoms with Crippen LogP contribution in [0.25, 0.3) is 17.0 Å². The molecule has 2 aromatic heterocycles. The lowest BCUT2D eigenvalue weighted by atomic mass is 10.1. The summed E-state index contributed by atoms with van der Waals surface area (Å²) in [6.07, 6.45) is 0. The fourth-order valence-electron chi connectivity index (χ4n) is 3.70. The molecule has 1 N–H and O–H groups in total. The summed E-state index contributed by atoms with van der Waals surface area (Å²) < 4.78 is 18.3. The topological polar surface area (TPSA) is 99.9 Å². The first kappa shape index (κ1) is 23.0. The summed E-state index contributed by atoms with van der Waals surface area (Å²) >= 11 is 0. The van der Waals surface area contributed by atoms with Crippen molar-refractivity contribution in [2.45, 2.75) is 20.8 Å². The Morgan fingerprint density at radius 2 is 1.71 bits per heavy atom. The number of aromatic nitrogens is 4. The third-order valence-electron chi connectivity index (χ3n) is 5.21. The predicted octanol–water partition coefficient (Wildman–Crippen LogP) is 3.30. The Morgan fingerprint density at radius 1 is 0.971 bits per heavy atom. The maximum Gasteiger partial charge on any atom is 0.258 e. The lowest BCUT2D eigenvalue weighted by Gasteiger charge is -2.13. The van der Waals surface area contributed by atoms with Gasteiger partial charge in [0.05, 0.1) is 13.7 Å². The first-order valence-corrected chi connectivity index (χ1v) is 10.9. The van der Waals surface area contributed by atoms with Crippen molar-refractivity contribution >= 4 is 11.6 Å². The first-order chi connectivity index (χ1) is 16.4. The number of nitrogens with zero attached hydrogens (tertiary/aromatic N) is 4. The number of benzene rings is 2. The fraction of sp³-hybridized carbons (Fsp3) is 0.280. The van der Waals surface area contributed by atoms with Crippen LogP contribution >= 0.6 is 0 Å². The minimum absolute atomic E-state index is 0.0547. The van der Waals surface area contributed by atoms with Crippen molar-refractivity contribution in [1.29, 1.82) is 0 Å². The SMILES string of the molecule is COc1ccc(-c2nnc3ccc(OCCNC(=O)COc4c(C)cc(C)cc4C)nn23)cc1. The molecule has 2 aromatic carbocycles. The second-order valence-corrected chi connectivity index (χ2v) is 7.91. The van der Waals surface area contributed by atoms with Gasteiger partial charge in [-0.25, -0.2) is 0 Å². The van der Waals surface area contributed by atoms with Crippen LogP contribution in [0.1, 0.15) is 16.7 Å². The quantitative estimate of drug-likeness (QED) is 0.382. The molecular formula is C25H27N5O4. The van der Waals surface area contributed by atoms with Crippen LogP contribution in [-0.2, 0) is 4.79 Å². The summed E-state index contributed by atoms with van der Waals surface area (Å²) in [5.74, 6) is 2.28. The molecule has 0 aliphatic carbocycles. The number of fused-ring (bicyclic) bond motifs is 1. The monoisotopic (exact) mass is 461 g/mol. The lowest BCUT2D eigenvalue weighted by Crippen LogP contribution is -2.32. The molecule has 0 radical (unpaired) electrons. The molecule has 0 bridgehead atoms. The minimum Gasteiger partial charge on any atom is -0.497 e. The zero-order valence-corrected chi connectivity index (χ0v) is 19.7. The second-order valence-electron chi connectivity index (χ2n) is 7.91. The highest BCUT2D eigenvalue weighted by atomic mass is 16.5. The van der Waals surface area contributed by atoms with E-state index in [-0.39, 0.29) is 19.1 Å². The number of amides is 1. The van der Waals surface area contributed by atoms with Crippen LogP contribution in [0.15, 0.2) is 48.5 Å². The van der Waals surface area contributed by atoms with Gasteiger partial charge >= 0.3 is 0 Å². The number of aryl methyl sites for hydroxylation is 3. The predicted molar refractivity (Wildman–Crippen MR) is 127 cm³/mol. The van der Waals surface area contributed by atoms with Crippen LogP contribution in [0.4, 0.5) is 0 Å². The largest absolute Gasteiger partial charge is 0.497 e. The molecule has 1 amide bonds. The highest BCUT2D eigenvalue weighted by Crippen LogP contribution is 2.24. The van der Waals surface area contributed by atoms with E-state index in [9.17, 15) is 4.79 Å². The number of ether oxygens (including phenoxy) is 3. The second kappa shape index (κ2) is 10.2. The van der Waals surface area contributed by atoms with E-state index in [1.807, 2.05) is 57.2 Å². The van der Waals surface area contributed by atoms with Gasteiger partial charge in [-0.3, -0.25) is 4.79 Å². The number of nitrogens with one attached hydrogen (secondary N) is 1. The minimum atomic E-state index is -0.216. The van der Waals surface area contributed by atoms with E-state index >= 15 is 0 Å². The van der Waals surface area contributed by atoms with Gasteiger partial charge in [0.1, 0.15) is 18.1 Å². The Hall–Kier alpha value is -4.14. The number of carbonyl (C=O) groups excluding carboxylic acids is 1. The Balaban J connectivity index is 1.30. The maximum atomic E-state index is 12.2. The van der Waals surface area contributed by atoms with Gasteiger partial charge in [-0.2, -0.15) is 4.52 Å². The Bertz CT molecular complexity index is 1280. The number of hydrogen-bond donors (Lipinski definition) is 1. The molecule has 0 fully saturated rings. The van der Waals surface area contributed by atoms with E-state index in [0.29, 0.717) is 23.9 Å². The van der Waals surface area contributed by atoms with Crippen molar-refractivity contribution in [2.24, 2.45) is 0 Å². The van der Waals surface area contributed by atoms with Gasteiger partial charge in [0.15, 0.2) is 18.1 Å². The molecule has 9 nitrogen and oxygen atoms in total. The van der Waals surface area contributed by atoms with E-state index < -0.39 is 0 Å². The third kappa shape index (κ3) is 5.25. The Labute approximate surface area is 197 Å². The van der Waals surface area contributed by atoms with Crippen molar-refractivity contribution in [3.05, 3.63) is 65.2 Å². The molecule has 0 atom stereocenters. The number of carbonyl (C=O) groups is 1. The van der Waals surface area contributed by atoms with Crippen molar-refractivity contribution in [3.8, 4) is 28.8 Å². The molecule has 4 rings (SSSR count). The normalized spacial score (nSPS) is 10.8. The molecule has 4 aromatic rings. The van der Waals surface area contributed by atoms with Gasteiger partial charge in [-0.15, -0.1) is 15.3 Å². The fourth-order valence-corrected chi connectivity index (χ4v) is 3.70. The van der Waals surface area contributed by atoms with E-state index in [1.54, 1.807) is 23.8 Å². The summed E-state index contributed by atoms with van der Waals surface area (Å²) in [6.45, 7) is 6.50. The van der Waals surface area contributed by atoms with Gasteiger partial charge < -0.3 is 19.5 Å². The van der Waals surface area contributed by atoms with Crippen molar-refractivity contribution in [3.63, 3.8) is 0 Å². The highest BCUT2D eigenvalue weighted by Gasteiger charge is 2.11. The number of hydrogen-bond acceptors (Lipinski definition) is 7. The standard InChI is InChI=1S/C25H27N5O4/c1-16-13-17(2)24(18(3)14-16)34-15-22(31)26-11-12-33-23-10-9-21-27-28-25(30(21)29-23)19-5-7-20(32-4)8-6-19/h5-10,13-14H,11-12,15H2,1-4H3,(H,26,31). The van der Waals surface area contributed by atoms with E-state index in [2.05, 4.69) is 20.6 Å². The zero-order valence-electron chi connectivity index (χ0n) is 19.7. The molecular weight excluding hydrogens is 434 g/mol. The number of methoxy groups -OCH3 is 1. The molecule has 0 aliphatic heterocycles. The van der Waals surface area contributed by atoms with Crippen LogP contribution in [0, 0.1) is 20.8 Å². The average molecular weight is 462 g/mol. The van der Waals surface area contributed by atoms with Crippen LogP contribution in [0.3, 0.4) is 0 Å². The molecule has 0 aliphatic rings. The highest BCUT2D eigenvalue weighted by molar-refractivity contribution is 5.77. The molecule has 0 unspecified atom stereocenters. The molecule has 0 spiro atoms. The summed E-state index contributed by atoms with van der Waals surface area (Å²) in [5, 5.41) is 15.6. The van der Waals surface area contributed by atoms with Crippen molar-refractivity contribution in [2.75, 3.05) is 26.9 Å². The first-order valence-electron chi connectivity index (χ1n) is 10.9. The molecule has 176 valence electrons. The lowest BCUT2D eigenvalue weighted by molar-refractivity contribution is -0.123. The van der Waals surface area contributed by atoms with Crippen LogP contribution in [0.5, 0.6) is 17.4 Å². The van der Waals surface area contributed by atoms with Crippen molar-refractivity contribution in [1.82, 2.24) is 25.1 Å². The Kier molecular flexibility index (Phi) is 6.91. The summed E-state index contributed by atoms with van der Waals surface area (Å²) in [7, 11) is 1.62. The molecule has 2 heterocycles. The van der Waals surface area contributed by atoms with Crippen LogP contribution < -0.4 is 19.5 Å². The smallest absolute Gasteiger partial charge is 0.258 e. The summed E-state index contributed by atoms with van der Waals surface area (Å²) in [6, 6.07) is 15.1. The average Bonchev–Trinajstić information content (AvgIpc) is 3.24.